The zero-order chi connectivity index (χ0) is 15.1. The van der Waals surface area contributed by atoms with Crippen molar-refractivity contribution in [3.63, 3.8) is 0 Å². The van der Waals surface area contributed by atoms with Gasteiger partial charge >= 0.3 is 0 Å². The zero-order valence-electron chi connectivity index (χ0n) is 11.9. The number of hydrogen-bond donors (Lipinski definition) is 0. The van der Waals surface area contributed by atoms with E-state index in [0.29, 0.717) is 6.42 Å². The average molecular weight is 365 g/mol. The van der Waals surface area contributed by atoms with Crippen LogP contribution >= 0.6 is 27.5 Å². The lowest BCUT2D eigenvalue weighted by molar-refractivity contribution is -0.117. The third-order valence-electron chi connectivity index (χ3n) is 3.83. The summed E-state index contributed by atoms with van der Waals surface area (Å²) < 4.78 is 1.03. The van der Waals surface area contributed by atoms with Crippen LogP contribution in [-0.4, -0.2) is 13.0 Å². The van der Waals surface area contributed by atoms with E-state index in [2.05, 4.69) is 28.1 Å². The van der Waals surface area contributed by atoms with Gasteiger partial charge < -0.3 is 4.90 Å². The Kier molecular flexibility index (Phi) is 3.80. The van der Waals surface area contributed by atoms with E-state index in [4.69, 9.17) is 11.6 Å². The van der Waals surface area contributed by atoms with Crippen LogP contribution in [0.2, 0.25) is 0 Å². The van der Waals surface area contributed by atoms with Crippen LogP contribution in [0.25, 0.3) is 0 Å². The van der Waals surface area contributed by atoms with Crippen molar-refractivity contribution in [3.8, 4) is 0 Å². The Bertz CT molecular complexity index is 708. The van der Waals surface area contributed by atoms with Crippen molar-refractivity contribution in [2.45, 2.75) is 18.7 Å². The third kappa shape index (κ3) is 2.72. The number of anilines is 1. The first kappa shape index (κ1) is 14.6. The van der Waals surface area contributed by atoms with Gasteiger partial charge in [-0.15, -0.1) is 11.6 Å². The number of amides is 1. The van der Waals surface area contributed by atoms with Crippen LogP contribution in [0.3, 0.4) is 0 Å². The number of rotatable bonds is 2. The van der Waals surface area contributed by atoms with Gasteiger partial charge in [-0.3, -0.25) is 4.79 Å². The molecule has 1 unspecified atom stereocenters. The highest BCUT2D eigenvalue weighted by molar-refractivity contribution is 9.10. The Labute approximate surface area is 137 Å². The molecular weight excluding hydrogens is 350 g/mol. The summed E-state index contributed by atoms with van der Waals surface area (Å²) in [5, 5.41) is -0.215. The van der Waals surface area contributed by atoms with E-state index in [1.807, 2.05) is 38.2 Å². The standard InChI is InChI=1S/C17H15BrClNO/c1-10-5-13(8-14(18)6-10)17(19)11-3-4-15-12(7-11)9-16(21)20(15)2/h3-8,17H,9H2,1-2H3. The molecule has 0 saturated carbocycles. The summed E-state index contributed by atoms with van der Waals surface area (Å²) in [5.74, 6) is 0.131. The van der Waals surface area contributed by atoms with Crippen molar-refractivity contribution < 1.29 is 4.79 Å². The number of hydrogen-bond acceptors (Lipinski definition) is 1. The zero-order valence-corrected chi connectivity index (χ0v) is 14.2. The molecule has 0 saturated heterocycles. The summed E-state index contributed by atoms with van der Waals surface area (Å²) in [6.07, 6.45) is 0.459. The molecule has 2 aromatic rings. The molecule has 4 heteroatoms. The van der Waals surface area contributed by atoms with Gasteiger partial charge in [-0.25, -0.2) is 0 Å². The Morgan fingerprint density at radius 1 is 1.19 bits per heavy atom. The Hall–Kier alpha value is -1.32. The fourth-order valence-corrected chi connectivity index (χ4v) is 3.64. The first-order valence-electron chi connectivity index (χ1n) is 6.76. The van der Waals surface area contributed by atoms with Gasteiger partial charge in [0.15, 0.2) is 0 Å². The molecule has 0 aliphatic carbocycles. The van der Waals surface area contributed by atoms with Gasteiger partial charge in [0.2, 0.25) is 5.91 Å². The fourth-order valence-electron chi connectivity index (χ4n) is 2.75. The lowest BCUT2D eigenvalue weighted by Gasteiger charge is -2.14. The molecule has 108 valence electrons. The quantitative estimate of drug-likeness (QED) is 0.713. The monoisotopic (exact) mass is 363 g/mol. The van der Waals surface area contributed by atoms with Gasteiger partial charge in [0.25, 0.3) is 0 Å². The normalized spacial score (nSPS) is 15.2. The number of aryl methyl sites for hydroxylation is 1. The molecule has 1 atom stereocenters. The summed E-state index contributed by atoms with van der Waals surface area (Å²) in [6, 6.07) is 12.2. The minimum atomic E-state index is -0.215. The van der Waals surface area contributed by atoms with Gasteiger partial charge in [-0.1, -0.05) is 34.1 Å². The predicted molar refractivity (Wildman–Crippen MR) is 90.1 cm³/mol. The minimum absolute atomic E-state index is 0.131. The smallest absolute Gasteiger partial charge is 0.231 e. The lowest BCUT2D eigenvalue weighted by atomic mass is 10.00. The van der Waals surface area contributed by atoms with Crippen molar-refractivity contribution in [3.05, 3.63) is 63.1 Å². The summed E-state index contributed by atoms with van der Waals surface area (Å²) in [4.78, 5) is 13.5. The number of likely N-dealkylation sites (N-methyl/N-ethyl adjacent to an activating group) is 1. The summed E-state index contributed by atoms with van der Waals surface area (Å²) in [7, 11) is 1.81. The van der Waals surface area contributed by atoms with E-state index >= 15 is 0 Å². The highest BCUT2D eigenvalue weighted by Gasteiger charge is 2.25. The molecule has 1 aliphatic rings. The molecular formula is C17H15BrClNO. The van der Waals surface area contributed by atoms with Gasteiger partial charge in [-0.2, -0.15) is 0 Å². The molecule has 0 aromatic heterocycles. The molecule has 0 spiro atoms. The maximum atomic E-state index is 11.8. The molecule has 1 heterocycles. The van der Waals surface area contributed by atoms with Gasteiger partial charge in [0.05, 0.1) is 11.8 Å². The lowest BCUT2D eigenvalue weighted by Crippen LogP contribution is -2.20. The van der Waals surface area contributed by atoms with Crippen molar-refractivity contribution in [2.75, 3.05) is 11.9 Å². The van der Waals surface area contributed by atoms with Gasteiger partial charge in [-0.05, 0) is 47.4 Å². The van der Waals surface area contributed by atoms with E-state index < -0.39 is 0 Å². The van der Waals surface area contributed by atoms with E-state index in [-0.39, 0.29) is 11.3 Å². The molecule has 0 radical (unpaired) electrons. The van der Waals surface area contributed by atoms with Crippen molar-refractivity contribution in [2.24, 2.45) is 0 Å². The van der Waals surface area contributed by atoms with Crippen LogP contribution in [0.1, 0.15) is 27.6 Å². The molecule has 0 bridgehead atoms. The van der Waals surface area contributed by atoms with Crippen LogP contribution in [0.15, 0.2) is 40.9 Å². The fraction of sp³-hybridized carbons (Fsp3) is 0.235. The van der Waals surface area contributed by atoms with E-state index in [0.717, 1.165) is 26.9 Å². The summed E-state index contributed by atoms with van der Waals surface area (Å²) in [6.45, 7) is 2.05. The van der Waals surface area contributed by atoms with Crippen LogP contribution in [-0.2, 0) is 11.2 Å². The number of carbonyl (C=O) groups is 1. The molecule has 0 N–H and O–H groups in total. The topological polar surface area (TPSA) is 20.3 Å². The Morgan fingerprint density at radius 2 is 1.95 bits per heavy atom. The first-order valence-corrected chi connectivity index (χ1v) is 7.99. The van der Waals surface area contributed by atoms with Gasteiger partial charge in [0.1, 0.15) is 0 Å². The van der Waals surface area contributed by atoms with E-state index in [1.54, 1.807) is 4.90 Å². The number of alkyl halides is 1. The average Bonchev–Trinajstić information content (AvgIpc) is 2.71. The second kappa shape index (κ2) is 5.47. The maximum Gasteiger partial charge on any atom is 0.231 e. The molecule has 21 heavy (non-hydrogen) atoms. The number of nitrogens with zero attached hydrogens (tertiary/aromatic N) is 1. The predicted octanol–water partition coefficient (Wildman–Crippen LogP) is 4.60. The van der Waals surface area contributed by atoms with E-state index in [1.165, 1.54) is 5.56 Å². The first-order chi connectivity index (χ1) is 9.95. The third-order valence-corrected chi connectivity index (χ3v) is 4.79. The molecule has 3 rings (SSSR count). The summed E-state index contributed by atoms with van der Waals surface area (Å²) in [5.41, 5.74) is 5.29. The van der Waals surface area contributed by atoms with Gasteiger partial charge in [0, 0.05) is 17.2 Å². The maximum absolute atomic E-state index is 11.8. The SMILES string of the molecule is Cc1cc(Br)cc(C(Cl)c2ccc3c(c2)CC(=O)N3C)c1. The molecule has 0 fully saturated rings. The van der Waals surface area contributed by atoms with Crippen molar-refractivity contribution in [1.29, 1.82) is 0 Å². The van der Waals surface area contributed by atoms with Crippen LogP contribution < -0.4 is 4.90 Å². The Balaban J connectivity index is 1.98. The number of benzene rings is 2. The van der Waals surface area contributed by atoms with Crippen LogP contribution in [0.4, 0.5) is 5.69 Å². The number of carbonyl (C=O) groups excluding carboxylic acids is 1. The second-order valence-electron chi connectivity index (χ2n) is 5.44. The molecule has 1 amide bonds. The number of halogens is 2. The van der Waals surface area contributed by atoms with E-state index in [9.17, 15) is 4.79 Å². The Morgan fingerprint density at radius 3 is 2.67 bits per heavy atom. The minimum Gasteiger partial charge on any atom is -0.315 e. The van der Waals surface area contributed by atoms with Crippen LogP contribution in [0.5, 0.6) is 0 Å². The number of fused-ring (bicyclic) bond motifs is 1. The highest BCUT2D eigenvalue weighted by atomic mass is 79.9. The molecule has 1 aliphatic heterocycles. The highest BCUT2D eigenvalue weighted by Crippen LogP contribution is 2.35. The van der Waals surface area contributed by atoms with Crippen LogP contribution in [0, 0.1) is 6.92 Å². The van der Waals surface area contributed by atoms with Crippen molar-refractivity contribution in [1.82, 2.24) is 0 Å². The largest absolute Gasteiger partial charge is 0.315 e. The van der Waals surface area contributed by atoms with Crippen molar-refractivity contribution >= 4 is 39.1 Å². The second-order valence-corrected chi connectivity index (χ2v) is 6.79. The summed E-state index contributed by atoms with van der Waals surface area (Å²) >= 11 is 10.1. The molecule has 2 aromatic carbocycles. The molecule has 2 nitrogen and oxygen atoms in total.